The van der Waals surface area contributed by atoms with E-state index in [0.29, 0.717) is 12.5 Å². The summed E-state index contributed by atoms with van der Waals surface area (Å²) in [5.41, 5.74) is 0.0273. The van der Waals surface area contributed by atoms with Gasteiger partial charge in [-0.05, 0) is 6.07 Å². The Morgan fingerprint density at radius 1 is 1.50 bits per heavy atom. The van der Waals surface area contributed by atoms with E-state index in [1.165, 1.54) is 18.2 Å². The van der Waals surface area contributed by atoms with Crippen molar-refractivity contribution in [3.63, 3.8) is 0 Å². The van der Waals surface area contributed by atoms with Crippen LogP contribution in [0.4, 0.5) is 5.69 Å². The number of hydrogen-bond acceptors (Lipinski definition) is 4. The highest BCUT2D eigenvalue weighted by Gasteiger charge is 2.19. The zero-order chi connectivity index (χ0) is 13.1. The van der Waals surface area contributed by atoms with E-state index in [-0.39, 0.29) is 22.2 Å². The molecule has 0 saturated carbocycles. The Balaban J connectivity index is 2.06. The van der Waals surface area contributed by atoms with Gasteiger partial charge in [-0.15, -0.1) is 0 Å². The summed E-state index contributed by atoms with van der Waals surface area (Å²) in [4.78, 5) is 21.9. The number of nitrogens with one attached hydrogen (secondary N) is 2. The molecule has 0 aliphatic carbocycles. The van der Waals surface area contributed by atoms with Crippen molar-refractivity contribution < 1.29 is 9.72 Å². The zero-order valence-electron chi connectivity index (χ0n) is 9.48. The van der Waals surface area contributed by atoms with Gasteiger partial charge in [-0.2, -0.15) is 0 Å². The lowest BCUT2D eigenvalue weighted by Gasteiger charge is -2.27. The maximum atomic E-state index is 11.8. The van der Waals surface area contributed by atoms with E-state index >= 15 is 0 Å². The van der Waals surface area contributed by atoms with Crippen LogP contribution in [0.1, 0.15) is 10.4 Å². The van der Waals surface area contributed by atoms with Crippen LogP contribution in [0.2, 0.25) is 5.02 Å². The lowest BCUT2D eigenvalue weighted by Crippen LogP contribution is -2.48. The van der Waals surface area contributed by atoms with E-state index in [4.69, 9.17) is 11.6 Å². The second-order valence-electron chi connectivity index (χ2n) is 4.19. The summed E-state index contributed by atoms with van der Waals surface area (Å²) in [7, 11) is 0. The molecule has 2 N–H and O–H groups in total. The molecule has 0 spiro atoms. The van der Waals surface area contributed by atoms with Crippen LogP contribution >= 0.6 is 11.6 Å². The Hall–Kier alpha value is -1.66. The van der Waals surface area contributed by atoms with Crippen molar-refractivity contribution in [1.29, 1.82) is 0 Å². The molecule has 6 nitrogen and oxygen atoms in total. The molecule has 1 aliphatic rings. The molecule has 1 aromatic carbocycles. The predicted molar refractivity (Wildman–Crippen MR) is 66.8 cm³/mol. The molecule has 1 amide bonds. The third-order valence-corrected chi connectivity index (χ3v) is 2.99. The Labute approximate surface area is 108 Å². The number of nitro groups is 1. The lowest BCUT2D eigenvalue weighted by atomic mass is 10.0. The number of hydrogen-bond donors (Lipinski definition) is 2. The monoisotopic (exact) mass is 269 g/mol. The third kappa shape index (κ3) is 2.96. The van der Waals surface area contributed by atoms with Gasteiger partial charge in [-0.3, -0.25) is 14.9 Å². The van der Waals surface area contributed by atoms with Gasteiger partial charge in [0.05, 0.1) is 4.92 Å². The second kappa shape index (κ2) is 5.32. The average molecular weight is 270 g/mol. The molecule has 0 aromatic heterocycles. The summed E-state index contributed by atoms with van der Waals surface area (Å²) in [6, 6.07) is 3.86. The first kappa shape index (κ1) is 12.8. The van der Waals surface area contributed by atoms with Crippen molar-refractivity contribution in [2.24, 2.45) is 5.92 Å². The molecule has 18 heavy (non-hydrogen) atoms. The Bertz CT molecular complexity index is 488. The van der Waals surface area contributed by atoms with Gasteiger partial charge in [0.1, 0.15) is 0 Å². The number of nitro benzene ring substituents is 1. The van der Waals surface area contributed by atoms with Crippen LogP contribution in [-0.2, 0) is 0 Å². The normalized spacial score (nSPS) is 14.9. The van der Waals surface area contributed by atoms with E-state index < -0.39 is 4.92 Å². The van der Waals surface area contributed by atoms with E-state index in [9.17, 15) is 14.9 Å². The Morgan fingerprint density at radius 2 is 2.22 bits per heavy atom. The highest BCUT2D eigenvalue weighted by atomic mass is 35.5. The van der Waals surface area contributed by atoms with Crippen molar-refractivity contribution in [2.75, 3.05) is 19.6 Å². The number of amides is 1. The van der Waals surface area contributed by atoms with Crippen LogP contribution in [0.15, 0.2) is 18.2 Å². The van der Waals surface area contributed by atoms with Crippen LogP contribution in [0, 0.1) is 16.0 Å². The number of nitrogens with zero attached hydrogens (tertiary/aromatic N) is 1. The first-order valence-electron chi connectivity index (χ1n) is 5.50. The molecule has 0 bridgehead atoms. The minimum atomic E-state index is -0.571. The van der Waals surface area contributed by atoms with Crippen molar-refractivity contribution in [3.05, 3.63) is 38.9 Å². The standard InChI is InChI=1S/C11H12ClN3O3/c12-9-1-8(2-10(3-9)15(17)18)11(16)14-6-7-4-13-5-7/h1-3,7,13H,4-6H2,(H,14,16). The smallest absolute Gasteiger partial charge is 0.271 e. The van der Waals surface area contributed by atoms with Crippen LogP contribution < -0.4 is 10.6 Å². The number of carbonyl (C=O) groups excluding carboxylic acids is 1. The van der Waals surface area contributed by atoms with Crippen LogP contribution in [0.3, 0.4) is 0 Å². The largest absolute Gasteiger partial charge is 0.352 e. The van der Waals surface area contributed by atoms with Gasteiger partial charge >= 0.3 is 0 Å². The number of rotatable bonds is 4. The number of carbonyl (C=O) groups is 1. The summed E-state index contributed by atoms with van der Waals surface area (Å²) < 4.78 is 0. The molecule has 2 rings (SSSR count). The number of non-ortho nitro benzene ring substituents is 1. The molecular formula is C11H12ClN3O3. The fourth-order valence-electron chi connectivity index (χ4n) is 1.64. The third-order valence-electron chi connectivity index (χ3n) is 2.77. The summed E-state index contributed by atoms with van der Waals surface area (Å²) in [5, 5.41) is 16.7. The molecule has 1 fully saturated rings. The molecule has 0 radical (unpaired) electrons. The van der Waals surface area contributed by atoms with E-state index in [1.54, 1.807) is 0 Å². The molecule has 0 unspecified atom stereocenters. The first-order valence-corrected chi connectivity index (χ1v) is 5.88. The van der Waals surface area contributed by atoms with Crippen LogP contribution in [0.5, 0.6) is 0 Å². The summed E-state index contributed by atoms with van der Waals surface area (Å²) in [6.07, 6.45) is 0. The topological polar surface area (TPSA) is 84.3 Å². The van der Waals surface area contributed by atoms with Crippen molar-refractivity contribution in [1.82, 2.24) is 10.6 Å². The molecule has 0 atom stereocenters. The first-order chi connectivity index (χ1) is 8.56. The van der Waals surface area contributed by atoms with Gasteiger partial charge < -0.3 is 10.6 Å². The van der Waals surface area contributed by atoms with Gasteiger partial charge in [0.15, 0.2) is 0 Å². The summed E-state index contributed by atoms with van der Waals surface area (Å²) >= 11 is 5.74. The molecular weight excluding hydrogens is 258 g/mol. The molecule has 1 heterocycles. The Kier molecular flexibility index (Phi) is 3.78. The number of benzene rings is 1. The minimum absolute atomic E-state index is 0.180. The fraction of sp³-hybridized carbons (Fsp3) is 0.364. The van der Waals surface area contributed by atoms with Crippen LogP contribution in [0.25, 0.3) is 0 Å². The lowest BCUT2D eigenvalue weighted by molar-refractivity contribution is -0.384. The van der Waals surface area contributed by atoms with E-state index in [0.717, 1.165) is 13.1 Å². The SMILES string of the molecule is O=C(NCC1CNC1)c1cc(Cl)cc([N+](=O)[O-])c1. The van der Waals surface area contributed by atoms with E-state index in [1.807, 2.05) is 0 Å². The van der Waals surface area contributed by atoms with Crippen molar-refractivity contribution in [2.45, 2.75) is 0 Å². The van der Waals surface area contributed by atoms with Gasteiger partial charge in [-0.25, -0.2) is 0 Å². The summed E-state index contributed by atoms with van der Waals surface area (Å²) in [5.74, 6) is 0.0932. The highest BCUT2D eigenvalue weighted by molar-refractivity contribution is 6.31. The summed E-state index contributed by atoms with van der Waals surface area (Å²) in [6.45, 7) is 2.33. The highest BCUT2D eigenvalue weighted by Crippen LogP contribution is 2.20. The van der Waals surface area contributed by atoms with Gasteiger partial charge in [0.2, 0.25) is 0 Å². The maximum absolute atomic E-state index is 11.8. The van der Waals surface area contributed by atoms with E-state index in [2.05, 4.69) is 10.6 Å². The van der Waals surface area contributed by atoms with Crippen molar-refractivity contribution in [3.8, 4) is 0 Å². The van der Waals surface area contributed by atoms with Crippen molar-refractivity contribution >= 4 is 23.2 Å². The molecule has 1 aromatic rings. The van der Waals surface area contributed by atoms with Crippen LogP contribution in [-0.4, -0.2) is 30.5 Å². The average Bonchev–Trinajstić information content (AvgIpc) is 2.25. The molecule has 1 saturated heterocycles. The molecule has 7 heteroatoms. The quantitative estimate of drug-likeness (QED) is 0.635. The van der Waals surface area contributed by atoms with Gasteiger partial charge in [0.25, 0.3) is 11.6 Å². The second-order valence-corrected chi connectivity index (χ2v) is 4.63. The molecule has 96 valence electrons. The zero-order valence-corrected chi connectivity index (χ0v) is 10.2. The van der Waals surface area contributed by atoms with Gasteiger partial charge in [-0.1, -0.05) is 11.6 Å². The number of halogens is 1. The minimum Gasteiger partial charge on any atom is -0.352 e. The maximum Gasteiger partial charge on any atom is 0.271 e. The Morgan fingerprint density at radius 3 is 2.78 bits per heavy atom. The molecule has 1 aliphatic heterocycles. The fourth-order valence-corrected chi connectivity index (χ4v) is 1.87. The van der Waals surface area contributed by atoms with Gasteiger partial charge in [0, 0.05) is 48.3 Å². The predicted octanol–water partition coefficient (Wildman–Crippen LogP) is 1.20.